The van der Waals surface area contributed by atoms with E-state index in [9.17, 15) is 17.6 Å². The van der Waals surface area contributed by atoms with E-state index in [0.717, 1.165) is 23.1 Å². The number of nitrogens with zero attached hydrogens (tertiary/aromatic N) is 5. The molecule has 3 aliphatic rings. The second-order valence-corrected chi connectivity index (χ2v) is 9.31. The van der Waals surface area contributed by atoms with Gasteiger partial charge in [0.2, 0.25) is 11.4 Å². The third-order valence-corrected chi connectivity index (χ3v) is 7.23. The van der Waals surface area contributed by atoms with Gasteiger partial charge < -0.3 is 0 Å². The average molecular weight is 451 g/mol. The molecule has 4 aromatic rings. The van der Waals surface area contributed by atoms with Crippen molar-refractivity contribution in [3.8, 4) is 17.2 Å². The van der Waals surface area contributed by atoms with Crippen molar-refractivity contribution < 1.29 is 26.7 Å². The van der Waals surface area contributed by atoms with Gasteiger partial charge in [-0.3, -0.25) is 0 Å². The van der Waals surface area contributed by atoms with Gasteiger partial charge in [-0.2, -0.15) is 17.7 Å². The molecule has 1 atom stereocenters. The highest BCUT2D eigenvalue weighted by Gasteiger charge is 2.73. The predicted octanol–water partition coefficient (Wildman–Crippen LogP) is 3.54. The minimum atomic E-state index is -4.62. The molecule has 0 unspecified atom stereocenters. The first-order chi connectivity index (χ1) is 15.6. The number of pyridine rings is 3. The van der Waals surface area contributed by atoms with E-state index in [2.05, 4.69) is 23.9 Å². The quantitative estimate of drug-likeness (QED) is 0.262. The fraction of sp³-hybridized carbons (Fsp3) is 0.250. The lowest BCUT2D eigenvalue weighted by Gasteiger charge is -2.33. The highest BCUT2D eigenvalue weighted by molar-refractivity contribution is 5.64. The zero-order valence-electron chi connectivity index (χ0n) is 17.9. The molecule has 0 aromatic carbocycles. The van der Waals surface area contributed by atoms with E-state index in [1.165, 1.54) is 10.7 Å². The lowest BCUT2D eigenvalue weighted by Crippen LogP contribution is -2.79. The molecule has 3 aliphatic heterocycles. The monoisotopic (exact) mass is 451 g/mol. The first-order valence-electron chi connectivity index (χ1n) is 10.6. The Morgan fingerprint density at radius 3 is 2.39 bits per heavy atom. The fourth-order valence-corrected chi connectivity index (χ4v) is 5.85. The van der Waals surface area contributed by atoms with Gasteiger partial charge in [0.25, 0.3) is 5.69 Å². The maximum absolute atomic E-state index is 15.0. The Morgan fingerprint density at radius 1 is 0.970 bits per heavy atom. The van der Waals surface area contributed by atoms with Gasteiger partial charge in [0, 0.05) is 24.3 Å². The van der Waals surface area contributed by atoms with Crippen molar-refractivity contribution in [1.29, 1.82) is 0 Å². The SMILES string of the molecule is Cc1nc2c(cc1F)[C@@]13c4cc(C(F)(F)F)nn4-c4cccc([n+]41)C(C)(C)c1cccc-2[n+]13. The molecule has 0 amide bonds. The van der Waals surface area contributed by atoms with E-state index in [-0.39, 0.29) is 5.69 Å². The molecule has 0 N–H and O–H groups in total. The van der Waals surface area contributed by atoms with Crippen LogP contribution in [0.15, 0.2) is 48.5 Å². The number of hydrogen-bond donors (Lipinski definition) is 0. The summed E-state index contributed by atoms with van der Waals surface area (Å²) < 4.78 is 61.6. The van der Waals surface area contributed by atoms with Crippen molar-refractivity contribution in [3.63, 3.8) is 0 Å². The van der Waals surface area contributed by atoms with Crippen molar-refractivity contribution in [3.05, 3.63) is 88.4 Å². The Morgan fingerprint density at radius 2 is 1.67 bits per heavy atom. The van der Waals surface area contributed by atoms with E-state index in [0.29, 0.717) is 22.8 Å². The molecule has 1 spiro atoms. The fourth-order valence-electron chi connectivity index (χ4n) is 5.85. The van der Waals surface area contributed by atoms with Gasteiger partial charge in [-0.1, -0.05) is 15.8 Å². The maximum atomic E-state index is 15.0. The van der Waals surface area contributed by atoms with Crippen LogP contribution in [0.5, 0.6) is 0 Å². The summed E-state index contributed by atoms with van der Waals surface area (Å²) in [5.74, 6) is -0.00980. The van der Waals surface area contributed by atoms with E-state index >= 15 is 0 Å². The van der Waals surface area contributed by atoms with Gasteiger partial charge in [-0.05, 0) is 39.0 Å². The topological polar surface area (TPSA) is 38.5 Å². The molecular weight excluding hydrogens is 434 g/mol. The Labute approximate surface area is 185 Å². The summed E-state index contributed by atoms with van der Waals surface area (Å²) in [5.41, 5.74) is 1.40. The van der Waals surface area contributed by atoms with Crippen LogP contribution in [0.2, 0.25) is 0 Å². The minimum Gasteiger partial charge on any atom is -0.243 e. The van der Waals surface area contributed by atoms with Gasteiger partial charge in [-0.25, -0.2) is 9.37 Å². The second kappa shape index (κ2) is 5.30. The van der Waals surface area contributed by atoms with Gasteiger partial charge in [-0.15, -0.1) is 4.57 Å². The van der Waals surface area contributed by atoms with Crippen LogP contribution in [-0.2, 0) is 17.3 Å². The van der Waals surface area contributed by atoms with Crippen LogP contribution < -0.4 is 9.13 Å². The maximum Gasteiger partial charge on any atom is 0.437 e. The van der Waals surface area contributed by atoms with E-state index in [4.69, 9.17) is 0 Å². The lowest BCUT2D eigenvalue weighted by molar-refractivity contribution is -0.972. The Hall–Kier alpha value is -3.62. The van der Waals surface area contributed by atoms with Crippen LogP contribution in [0.4, 0.5) is 17.6 Å². The highest BCUT2D eigenvalue weighted by atomic mass is 19.4. The largest absolute Gasteiger partial charge is 0.437 e. The smallest absolute Gasteiger partial charge is 0.243 e. The van der Waals surface area contributed by atoms with Crippen LogP contribution in [0.25, 0.3) is 17.2 Å². The predicted molar refractivity (Wildman–Crippen MR) is 107 cm³/mol. The lowest BCUT2D eigenvalue weighted by atomic mass is 9.79. The average Bonchev–Trinajstić information content (AvgIpc) is 3.39. The molecule has 0 fully saturated rings. The van der Waals surface area contributed by atoms with Crippen LogP contribution in [0.3, 0.4) is 0 Å². The summed E-state index contributed by atoms with van der Waals surface area (Å²) in [7, 11) is 0. The summed E-state index contributed by atoms with van der Waals surface area (Å²) in [4.78, 5) is 4.57. The van der Waals surface area contributed by atoms with E-state index in [1.807, 2.05) is 39.5 Å². The number of aromatic nitrogens is 5. The molecule has 33 heavy (non-hydrogen) atoms. The highest BCUT2D eigenvalue weighted by Crippen LogP contribution is 2.49. The third-order valence-electron chi connectivity index (χ3n) is 7.23. The molecule has 7 heterocycles. The molecular formula is C24H17F4N5+2. The molecule has 9 heteroatoms. The molecule has 4 aromatic heterocycles. The van der Waals surface area contributed by atoms with Crippen molar-refractivity contribution in [2.75, 3.05) is 0 Å². The first-order valence-corrected chi connectivity index (χ1v) is 10.6. The third kappa shape index (κ3) is 1.88. The summed E-state index contributed by atoms with van der Waals surface area (Å²) in [5, 5.41) is 3.96. The standard InChI is InChI=1S/C24H17F4N5/c1-12-14(25)10-13-21(29-12)15-6-4-7-17-22(2,3)18-8-5-9-20-32(18)23(13,31(15)17)19-11-16(24(26,27)28)30-33(19)20/h4-11H,1-3H3/q+2/t23-/m0/s1. The Balaban J connectivity index is 1.76. The molecule has 0 radical (unpaired) electrons. The van der Waals surface area contributed by atoms with Crippen LogP contribution in [-0.4, -0.2) is 14.8 Å². The zero-order valence-corrected chi connectivity index (χ0v) is 17.9. The Bertz CT molecular complexity index is 1570. The number of halogens is 4. The number of aryl methyl sites for hydroxylation is 1. The molecule has 164 valence electrons. The van der Waals surface area contributed by atoms with Crippen molar-refractivity contribution in [1.82, 2.24) is 14.8 Å². The molecule has 0 bridgehead atoms. The van der Waals surface area contributed by atoms with Crippen LogP contribution >= 0.6 is 0 Å². The molecule has 7 rings (SSSR count). The van der Waals surface area contributed by atoms with Crippen molar-refractivity contribution in [2.24, 2.45) is 0 Å². The van der Waals surface area contributed by atoms with Gasteiger partial charge >= 0.3 is 17.7 Å². The van der Waals surface area contributed by atoms with E-state index in [1.54, 1.807) is 13.0 Å². The van der Waals surface area contributed by atoms with Gasteiger partial charge in [0.15, 0.2) is 11.4 Å². The van der Waals surface area contributed by atoms with Gasteiger partial charge in [0.05, 0.1) is 5.69 Å². The molecule has 0 saturated heterocycles. The first kappa shape index (κ1) is 18.9. The summed E-state index contributed by atoms with van der Waals surface area (Å²) >= 11 is 0. The summed E-state index contributed by atoms with van der Waals surface area (Å²) in [6, 6.07) is 13.8. The number of fused-ring (bicyclic) bond motifs is 4. The molecule has 0 saturated carbocycles. The zero-order chi connectivity index (χ0) is 23.1. The van der Waals surface area contributed by atoms with Crippen molar-refractivity contribution in [2.45, 2.75) is 38.0 Å². The summed E-state index contributed by atoms with van der Waals surface area (Å²) in [6.07, 6.45) is -4.62. The number of hydrogen-bond acceptors (Lipinski definition) is 2. The van der Waals surface area contributed by atoms with Crippen LogP contribution in [0, 0.1) is 12.7 Å². The van der Waals surface area contributed by atoms with E-state index < -0.39 is 28.8 Å². The van der Waals surface area contributed by atoms with Crippen molar-refractivity contribution >= 4 is 0 Å². The molecule has 5 nitrogen and oxygen atoms in total. The Kier molecular flexibility index (Phi) is 3.03. The summed E-state index contributed by atoms with van der Waals surface area (Å²) in [6.45, 7) is 5.74. The molecule has 0 aliphatic carbocycles. The normalized spacial score (nSPS) is 20.3. The number of alkyl halides is 3. The van der Waals surface area contributed by atoms with Gasteiger partial charge in [0.1, 0.15) is 22.5 Å². The van der Waals surface area contributed by atoms with Crippen LogP contribution in [0.1, 0.15) is 47.9 Å². The number of rotatable bonds is 0. The second-order valence-electron chi connectivity index (χ2n) is 9.31. The minimum absolute atomic E-state index is 0.238.